The van der Waals surface area contributed by atoms with Gasteiger partial charge in [-0.3, -0.25) is 9.59 Å². The number of aromatic nitrogens is 1. The first-order chi connectivity index (χ1) is 10.6. The van der Waals surface area contributed by atoms with Crippen molar-refractivity contribution in [2.45, 2.75) is 25.3 Å². The summed E-state index contributed by atoms with van der Waals surface area (Å²) in [6.45, 7) is 3.63. The van der Waals surface area contributed by atoms with Crippen LogP contribution < -0.4 is 11.1 Å². The van der Waals surface area contributed by atoms with E-state index in [0.29, 0.717) is 6.42 Å². The highest BCUT2D eigenvalue weighted by Gasteiger charge is 2.19. The van der Waals surface area contributed by atoms with Gasteiger partial charge in [0, 0.05) is 5.39 Å². The molecule has 0 saturated heterocycles. The Morgan fingerprint density at radius 1 is 1.27 bits per heavy atom. The summed E-state index contributed by atoms with van der Waals surface area (Å²) in [6.07, 6.45) is 3.77. The smallest absolute Gasteiger partial charge is 0.270 e. The molecule has 0 radical (unpaired) electrons. The zero-order valence-corrected chi connectivity index (χ0v) is 12.3. The molecule has 0 unspecified atom stereocenters. The molecule has 1 aromatic carbocycles. The van der Waals surface area contributed by atoms with Crippen molar-refractivity contribution >= 4 is 22.7 Å². The number of primary amides is 1. The van der Waals surface area contributed by atoms with Crippen molar-refractivity contribution in [2.75, 3.05) is 0 Å². The van der Waals surface area contributed by atoms with Crippen molar-refractivity contribution in [3.63, 3.8) is 0 Å². The number of nitrogens with two attached hydrogens (primary N) is 1. The number of amides is 2. The number of benzene rings is 1. The van der Waals surface area contributed by atoms with Gasteiger partial charge in [0.05, 0.1) is 5.52 Å². The number of carbonyl (C=O) groups is 2. The maximum Gasteiger partial charge on any atom is 0.270 e. The van der Waals surface area contributed by atoms with Gasteiger partial charge in [-0.15, -0.1) is 6.58 Å². The number of rotatable bonds is 7. The molecule has 0 bridgehead atoms. The lowest BCUT2D eigenvalue weighted by atomic mass is 10.1. The SMILES string of the molecule is C=CCCC[C@@H](NC(=O)c1ccc2ccccc2n1)C(N)=O. The molecule has 1 aromatic heterocycles. The van der Waals surface area contributed by atoms with Gasteiger partial charge in [0.1, 0.15) is 11.7 Å². The number of nitrogens with one attached hydrogen (secondary N) is 1. The number of nitrogens with zero attached hydrogens (tertiary/aromatic N) is 1. The maximum absolute atomic E-state index is 12.2. The highest BCUT2D eigenvalue weighted by atomic mass is 16.2. The van der Waals surface area contributed by atoms with Gasteiger partial charge in [0.2, 0.25) is 5.91 Å². The van der Waals surface area contributed by atoms with Crippen LogP contribution in [0.5, 0.6) is 0 Å². The summed E-state index contributed by atoms with van der Waals surface area (Å²) in [6, 6.07) is 10.3. The lowest BCUT2D eigenvalue weighted by molar-refractivity contribution is -0.120. The van der Waals surface area contributed by atoms with E-state index in [4.69, 9.17) is 5.73 Å². The van der Waals surface area contributed by atoms with Gasteiger partial charge in [0.15, 0.2) is 0 Å². The molecule has 0 aliphatic carbocycles. The topological polar surface area (TPSA) is 85.1 Å². The number of hydrogen-bond donors (Lipinski definition) is 2. The van der Waals surface area contributed by atoms with Gasteiger partial charge in [-0.05, 0) is 31.4 Å². The first kappa shape index (κ1) is 15.7. The van der Waals surface area contributed by atoms with E-state index in [1.54, 1.807) is 12.1 Å². The van der Waals surface area contributed by atoms with Crippen LogP contribution in [0.2, 0.25) is 0 Å². The fourth-order valence-corrected chi connectivity index (χ4v) is 2.18. The monoisotopic (exact) mass is 297 g/mol. The molecular weight excluding hydrogens is 278 g/mol. The van der Waals surface area contributed by atoms with Crippen LogP contribution in [0, 0.1) is 0 Å². The molecule has 2 rings (SSSR count). The fraction of sp³-hybridized carbons (Fsp3) is 0.235. The fourth-order valence-electron chi connectivity index (χ4n) is 2.18. The van der Waals surface area contributed by atoms with E-state index in [2.05, 4.69) is 16.9 Å². The average molecular weight is 297 g/mol. The molecular formula is C17H19N3O2. The number of hydrogen-bond acceptors (Lipinski definition) is 3. The molecule has 0 aliphatic rings. The van der Waals surface area contributed by atoms with Gasteiger partial charge >= 0.3 is 0 Å². The third kappa shape index (κ3) is 3.91. The summed E-state index contributed by atoms with van der Waals surface area (Å²) in [7, 11) is 0. The van der Waals surface area contributed by atoms with Crippen LogP contribution in [0.15, 0.2) is 49.1 Å². The summed E-state index contributed by atoms with van der Waals surface area (Å²) in [5.41, 5.74) is 6.34. The molecule has 1 atom stereocenters. The Labute approximate surface area is 129 Å². The van der Waals surface area contributed by atoms with Crippen molar-refractivity contribution in [1.82, 2.24) is 10.3 Å². The van der Waals surface area contributed by atoms with E-state index in [-0.39, 0.29) is 5.69 Å². The molecule has 5 heteroatoms. The molecule has 2 amide bonds. The van der Waals surface area contributed by atoms with Crippen molar-refractivity contribution in [3.05, 3.63) is 54.7 Å². The first-order valence-electron chi connectivity index (χ1n) is 7.18. The molecule has 0 saturated carbocycles. The second-order valence-corrected chi connectivity index (χ2v) is 5.04. The van der Waals surface area contributed by atoms with E-state index < -0.39 is 17.9 Å². The Bertz CT molecular complexity index is 697. The Balaban J connectivity index is 2.10. The minimum Gasteiger partial charge on any atom is -0.368 e. The predicted molar refractivity (Wildman–Crippen MR) is 86.2 cm³/mol. The van der Waals surface area contributed by atoms with Gasteiger partial charge < -0.3 is 11.1 Å². The lowest BCUT2D eigenvalue weighted by Gasteiger charge is -2.14. The van der Waals surface area contributed by atoms with Crippen LogP contribution in [0.25, 0.3) is 10.9 Å². The Kier molecular flexibility index (Phi) is 5.25. The lowest BCUT2D eigenvalue weighted by Crippen LogP contribution is -2.44. The van der Waals surface area contributed by atoms with Crippen molar-refractivity contribution in [3.8, 4) is 0 Å². The third-order valence-electron chi connectivity index (χ3n) is 3.38. The molecule has 5 nitrogen and oxygen atoms in total. The Morgan fingerprint density at radius 2 is 2.05 bits per heavy atom. The average Bonchev–Trinajstić information content (AvgIpc) is 2.53. The van der Waals surface area contributed by atoms with E-state index in [1.807, 2.05) is 30.3 Å². The molecule has 0 aliphatic heterocycles. The van der Waals surface area contributed by atoms with E-state index in [9.17, 15) is 9.59 Å². The number of carbonyl (C=O) groups excluding carboxylic acids is 2. The molecule has 1 heterocycles. The summed E-state index contributed by atoms with van der Waals surface area (Å²) < 4.78 is 0. The van der Waals surface area contributed by atoms with Gasteiger partial charge in [-0.2, -0.15) is 0 Å². The van der Waals surface area contributed by atoms with Gasteiger partial charge in [0.25, 0.3) is 5.91 Å². The molecule has 0 spiro atoms. The predicted octanol–water partition coefficient (Wildman–Crippen LogP) is 2.17. The van der Waals surface area contributed by atoms with Crippen molar-refractivity contribution in [2.24, 2.45) is 5.73 Å². The van der Waals surface area contributed by atoms with Crippen LogP contribution in [-0.4, -0.2) is 22.8 Å². The second-order valence-electron chi connectivity index (χ2n) is 5.04. The van der Waals surface area contributed by atoms with E-state index >= 15 is 0 Å². The van der Waals surface area contributed by atoms with Crippen LogP contribution >= 0.6 is 0 Å². The molecule has 3 N–H and O–H groups in total. The quantitative estimate of drug-likeness (QED) is 0.606. The highest BCUT2D eigenvalue weighted by Crippen LogP contribution is 2.12. The number of para-hydroxylation sites is 1. The van der Waals surface area contributed by atoms with Crippen LogP contribution in [0.1, 0.15) is 29.8 Å². The van der Waals surface area contributed by atoms with E-state index in [1.165, 1.54) is 0 Å². The summed E-state index contributed by atoms with van der Waals surface area (Å²) in [4.78, 5) is 28.0. The normalized spacial score (nSPS) is 11.8. The summed E-state index contributed by atoms with van der Waals surface area (Å²) in [5.74, 6) is -0.939. The van der Waals surface area contributed by atoms with Crippen molar-refractivity contribution in [1.29, 1.82) is 0 Å². The van der Waals surface area contributed by atoms with Crippen LogP contribution in [0.3, 0.4) is 0 Å². The largest absolute Gasteiger partial charge is 0.368 e. The zero-order valence-electron chi connectivity index (χ0n) is 12.3. The van der Waals surface area contributed by atoms with Crippen LogP contribution in [-0.2, 0) is 4.79 Å². The molecule has 0 fully saturated rings. The minimum atomic E-state index is -0.694. The maximum atomic E-state index is 12.2. The second kappa shape index (κ2) is 7.36. The molecule has 2 aromatic rings. The standard InChI is InChI=1S/C17H19N3O2/c1-2-3-4-9-14(16(18)21)20-17(22)15-11-10-12-7-5-6-8-13(12)19-15/h2,5-8,10-11,14H,1,3-4,9H2,(H2,18,21)(H,20,22)/t14-/m1/s1. The van der Waals surface area contributed by atoms with Gasteiger partial charge in [-0.25, -0.2) is 4.98 Å². The number of fused-ring (bicyclic) bond motifs is 1. The Hall–Kier alpha value is -2.69. The molecule has 114 valence electrons. The highest BCUT2D eigenvalue weighted by molar-refractivity contribution is 5.97. The number of unbranched alkanes of at least 4 members (excludes halogenated alkanes) is 1. The summed E-state index contributed by atoms with van der Waals surface area (Å²) >= 11 is 0. The first-order valence-corrected chi connectivity index (χ1v) is 7.18. The number of pyridine rings is 1. The van der Waals surface area contributed by atoms with E-state index in [0.717, 1.165) is 23.7 Å². The van der Waals surface area contributed by atoms with Crippen LogP contribution in [0.4, 0.5) is 0 Å². The number of allylic oxidation sites excluding steroid dienone is 1. The minimum absolute atomic E-state index is 0.272. The Morgan fingerprint density at radius 3 is 2.77 bits per heavy atom. The third-order valence-corrected chi connectivity index (χ3v) is 3.38. The molecule has 22 heavy (non-hydrogen) atoms. The van der Waals surface area contributed by atoms with Gasteiger partial charge in [-0.1, -0.05) is 30.3 Å². The summed E-state index contributed by atoms with van der Waals surface area (Å²) in [5, 5.41) is 3.60. The zero-order chi connectivity index (χ0) is 15.9. The van der Waals surface area contributed by atoms with Crippen molar-refractivity contribution < 1.29 is 9.59 Å².